The average molecular weight is 216 g/mol. The predicted molar refractivity (Wildman–Crippen MR) is 66.6 cm³/mol. The Morgan fingerprint density at radius 3 is 2.31 bits per heavy atom. The number of allylic oxidation sites excluding steroid dienone is 2. The van der Waals surface area contributed by atoms with E-state index in [-0.39, 0.29) is 11.5 Å². The summed E-state index contributed by atoms with van der Waals surface area (Å²) in [6, 6.07) is 7.92. The highest BCUT2D eigenvalue weighted by Gasteiger charge is 2.03. The zero-order valence-corrected chi connectivity index (χ0v) is 9.82. The molecule has 0 unspecified atom stereocenters. The van der Waals surface area contributed by atoms with Crippen molar-refractivity contribution in [3.8, 4) is 0 Å². The minimum atomic E-state index is -0.145. The van der Waals surface area contributed by atoms with Crippen LogP contribution < -0.4 is 5.73 Å². The quantitative estimate of drug-likeness (QED) is 0.619. The fraction of sp³-hybridized carbons (Fsp3) is 0.231. The molecule has 2 N–H and O–H groups in total. The summed E-state index contributed by atoms with van der Waals surface area (Å²) in [5.74, 6) is -0.145. The van der Waals surface area contributed by atoms with Crippen molar-refractivity contribution < 1.29 is 4.79 Å². The molecular formula is C13H16N2O. The first kappa shape index (κ1) is 12.2. The number of hydrogen-bond donors (Lipinski definition) is 1. The molecule has 0 aliphatic heterocycles. The maximum Gasteiger partial charge on any atom is 0.175 e. The van der Waals surface area contributed by atoms with Crippen molar-refractivity contribution in [2.45, 2.75) is 13.8 Å². The number of rotatable bonds is 3. The van der Waals surface area contributed by atoms with Crippen LogP contribution in [0.15, 0.2) is 41.0 Å². The topological polar surface area (TPSA) is 55.4 Å². The van der Waals surface area contributed by atoms with E-state index in [0.29, 0.717) is 5.71 Å². The van der Waals surface area contributed by atoms with E-state index in [4.69, 9.17) is 5.73 Å². The lowest BCUT2D eigenvalue weighted by Crippen LogP contribution is -2.10. The fourth-order valence-electron chi connectivity index (χ4n) is 1.25. The number of carbonyl (C=O) groups is 1. The van der Waals surface area contributed by atoms with Crippen LogP contribution in [0, 0.1) is 6.92 Å². The maximum atomic E-state index is 11.0. The standard InChI is InChI=1S/C13H16N2O/c1-9-4-6-11(7-5-9)13(15-3)8-12(14)10(2)16/h4-8H,14H2,1-3H3/b12-8-,15-13?. The molecule has 0 heterocycles. The Morgan fingerprint density at radius 2 is 1.88 bits per heavy atom. The minimum absolute atomic E-state index is 0.145. The van der Waals surface area contributed by atoms with E-state index in [1.54, 1.807) is 13.1 Å². The Hall–Kier alpha value is -1.90. The number of aryl methyl sites for hydroxylation is 1. The molecule has 0 aromatic heterocycles. The monoisotopic (exact) mass is 216 g/mol. The lowest BCUT2D eigenvalue weighted by atomic mass is 10.1. The highest BCUT2D eigenvalue weighted by atomic mass is 16.1. The maximum absolute atomic E-state index is 11.0. The van der Waals surface area contributed by atoms with E-state index in [0.717, 1.165) is 5.56 Å². The summed E-state index contributed by atoms with van der Waals surface area (Å²) in [6.45, 7) is 3.46. The smallest absolute Gasteiger partial charge is 0.175 e. The molecule has 1 aromatic rings. The first-order chi connectivity index (χ1) is 7.54. The van der Waals surface area contributed by atoms with Crippen molar-refractivity contribution in [3.63, 3.8) is 0 Å². The highest BCUT2D eigenvalue weighted by molar-refractivity contribution is 6.12. The van der Waals surface area contributed by atoms with Crippen LogP contribution in [0.1, 0.15) is 18.1 Å². The van der Waals surface area contributed by atoms with Crippen LogP contribution in [0.3, 0.4) is 0 Å². The fourth-order valence-corrected chi connectivity index (χ4v) is 1.25. The molecule has 3 heteroatoms. The van der Waals surface area contributed by atoms with E-state index in [1.165, 1.54) is 12.5 Å². The third-order valence-electron chi connectivity index (χ3n) is 2.29. The average Bonchev–Trinajstić information content (AvgIpc) is 2.26. The molecule has 0 saturated heterocycles. The molecule has 0 amide bonds. The van der Waals surface area contributed by atoms with Crippen LogP contribution in [-0.4, -0.2) is 18.5 Å². The Kier molecular flexibility index (Phi) is 4.00. The van der Waals surface area contributed by atoms with Gasteiger partial charge in [-0.3, -0.25) is 9.79 Å². The van der Waals surface area contributed by atoms with Gasteiger partial charge in [0.05, 0.1) is 11.4 Å². The number of nitrogens with two attached hydrogens (primary N) is 1. The summed E-state index contributed by atoms with van der Waals surface area (Å²) in [4.78, 5) is 15.2. The molecule has 3 nitrogen and oxygen atoms in total. The molecule has 0 radical (unpaired) electrons. The Morgan fingerprint density at radius 1 is 1.31 bits per heavy atom. The van der Waals surface area contributed by atoms with Crippen molar-refractivity contribution in [2.24, 2.45) is 10.7 Å². The second-order valence-corrected chi connectivity index (χ2v) is 3.63. The number of ketones is 1. The van der Waals surface area contributed by atoms with E-state index in [1.807, 2.05) is 31.2 Å². The molecule has 84 valence electrons. The van der Waals surface area contributed by atoms with Gasteiger partial charge in [-0.05, 0) is 18.6 Å². The second kappa shape index (κ2) is 5.26. The summed E-state index contributed by atoms with van der Waals surface area (Å²) in [7, 11) is 1.68. The van der Waals surface area contributed by atoms with Crippen LogP contribution in [0.4, 0.5) is 0 Å². The first-order valence-corrected chi connectivity index (χ1v) is 5.06. The van der Waals surface area contributed by atoms with Gasteiger partial charge in [-0.1, -0.05) is 29.8 Å². The van der Waals surface area contributed by atoms with Crippen LogP contribution in [0.25, 0.3) is 0 Å². The SMILES string of the molecule is CN=C(/C=C(\N)C(C)=O)c1ccc(C)cc1. The van der Waals surface area contributed by atoms with Crippen molar-refractivity contribution in [3.05, 3.63) is 47.2 Å². The van der Waals surface area contributed by atoms with Gasteiger partial charge in [0.15, 0.2) is 5.78 Å². The summed E-state index contributed by atoms with van der Waals surface area (Å²) in [5, 5.41) is 0. The highest BCUT2D eigenvalue weighted by Crippen LogP contribution is 2.06. The number of aliphatic imine (C=N–C) groups is 1. The van der Waals surface area contributed by atoms with Crippen LogP contribution >= 0.6 is 0 Å². The molecule has 1 aromatic carbocycles. The number of hydrogen-bond acceptors (Lipinski definition) is 3. The van der Waals surface area contributed by atoms with E-state index >= 15 is 0 Å². The summed E-state index contributed by atoms with van der Waals surface area (Å²) >= 11 is 0. The molecule has 0 saturated carbocycles. The zero-order valence-electron chi connectivity index (χ0n) is 9.82. The Balaban J connectivity index is 3.06. The Bertz CT molecular complexity index is 442. The van der Waals surface area contributed by atoms with Gasteiger partial charge >= 0.3 is 0 Å². The van der Waals surface area contributed by atoms with Crippen molar-refractivity contribution in [1.82, 2.24) is 0 Å². The first-order valence-electron chi connectivity index (χ1n) is 5.06. The summed E-state index contributed by atoms with van der Waals surface area (Å²) in [6.07, 6.45) is 1.60. The molecule has 0 atom stereocenters. The van der Waals surface area contributed by atoms with Crippen LogP contribution in [0.2, 0.25) is 0 Å². The van der Waals surface area contributed by atoms with Gasteiger partial charge in [0.2, 0.25) is 0 Å². The molecule has 1 rings (SSSR count). The second-order valence-electron chi connectivity index (χ2n) is 3.63. The molecule has 0 spiro atoms. The van der Waals surface area contributed by atoms with Crippen molar-refractivity contribution in [1.29, 1.82) is 0 Å². The van der Waals surface area contributed by atoms with Gasteiger partial charge in [-0.15, -0.1) is 0 Å². The third-order valence-corrected chi connectivity index (χ3v) is 2.29. The molecule has 0 aliphatic carbocycles. The minimum Gasteiger partial charge on any atom is -0.396 e. The van der Waals surface area contributed by atoms with Crippen molar-refractivity contribution >= 4 is 11.5 Å². The third kappa shape index (κ3) is 3.05. The Labute approximate surface area is 95.7 Å². The molecule has 16 heavy (non-hydrogen) atoms. The molecule has 0 bridgehead atoms. The number of nitrogens with zero attached hydrogens (tertiary/aromatic N) is 1. The van der Waals surface area contributed by atoms with Crippen LogP contribution in [-0.2, 0) is 4.79 Å². The number of carbonyl (C=O) groups excluding carboxylic acids is 1. The molecular weight excluding hydrogens is 200 g/mol. The van der Waals surface area contributed by atoms with Gasteiger partial charge < -0.3 is 5.73 Å². The van der Waals surface area contributed by atoms with E-state index < -0.39 is 0 Å². The van der Waals surface area contributed by atoms with Gasteiger partial charge in [-0.25, -0.2) is 0 Å². The van der Waals surface area contributed by atoms with Gasteiger partial charge in [0.1, 0.15) is 0 Å². The van der Waals surface area contributed by atoms with Crippen LogP contribution in [0.5, 0.6) is 0 Å². The van der Waals surface area contributed by atoms with Gasteiger partial charge in [-0.2, -0.15) is 0 Å². The van der Waals surface area contributed by atoms with Gasteiger partial charge in [0.25, 0.3) is 0 Å². The van der Waals surface area contributed by atoms with Crippen molar-refractivity contribution in [2.75, 3.05) is 7.05 Å². The number of Topliss-reactive ketones (excluding diaryl/α,β-unsaturated/α-hetero) is 1. The van der Waals surface area contributed by atoms with E-state index in [2.05, 4.69) is 4.99 Å². The summed E-state index contributed by atoms with van der Waals surface area (Å²) in [5.41, 5.74) is 8.67. The van der Waals surface area contributed by atoms with Gasteiger partial charge in [0, 0.05) is 14.0 Å². The summed E-state index contributed by atoms with van der Waals surface area (Å²) < 4.78 is 0. The van der Waals surface area contributed by atoms with E-state index in [9.17, 15) is 4.79 Å². The lowest BCUT2D eigenvalue weighted by Gasteiger charge is -2.02. The largest absolute Gasteiger partial charge is 0.396 e. The normalized spacial score (nSPS) is 12.7. The molecule has 0 aliphatic rings. The molecule has 0 fully saturated rings. The lowest BCUT2D eigenvalue weighted by molar-refractivity contribution is -0.113. The predicted octanol–water partition coefficient (Wildman–Crippen LogP) is 1.85. The number of benzene rings is 1. The zero-order chi connectivity index (χ0) is 12.1.